The summed E-state index contributed by atoms with van der Waals surface area (Å²) in [7, 11) is 3.33. The maximum Gasteiger partial charge on any atom is 0.140 e. The molecule has 82 valence electrons. The molecule has 0 radical (unpaired) electrons. The van der Waals surface area contributed by atoms with Crippen LogP contribution in [0.25, 0.3) is 0 Å². The van der Waals surface area contributed by atoms with Gasteiger partial charge in [-0.3, -0.25) is 0 Å². The molecule has 0 spiro atoms. The van der Waals surface area contributed by atoms with Gasteiger partial charge in [-0.05, 0) is 46.1 Å². The lowest BCUT2D eigenvalue weighted by Crippen LogP contribution is -2.25. The second kappa shape index (κ2) is 4.02. The van der Waals surface area contributed by atoms with Gasteiger partial charge in [0.2, 0.25) is 0 Å². The lowest BCUT2D eigenvalue weighted by molar-refractivity contribution is 0.377. The summed E-state index contributed by atoms with van der Waals surface area (Å²) >= 11 is 3.48. The number of hydrogen-bond acceptors (Lipinski definition) is 3. The Bertz CT molecular complexity index is 393. The van der Waals surface area contributed by atoms with Gasteiger partial charge < -0.3 is 15.2 Å². The van der Waals surface area contributed by atoms with Crippen molar-refractivity contribution in [2.45, 2.75) is 12.3 Å². The van der Waals surface area contributed by atoms with Gasteiger partial charge in [0.15, 0.2) is 0 Å². The van der Waals surface area contributed by atoms with Crippen LogP contribution in [0.3, 0.4) is 0 Å². The van der Waals surface area contributed by atoms with Crippen molar-refractivity contribution in [3.63, 3.8) is 0 Å². The molecule has 1 aromatic carbocycles. The molecule has 0 aromatic heterocycles. The molecule has 1 aromatic rings. The molecule has 0 heterocycles. The molecule has 2 rings (SSSR count). The zero-order valence-electron chi connectivity index (χ0n) is 8.84. The van der Waals surface area contributed by atoms with Crippen LogP contribution in [0.1, 0.15) is 17.0 Å². The minimum Gasteiger partial charge on any atom is -0.495 e. The Morgan fingerprint density at radius 2 is 2.20 bits per heavy atom. The van der Waals surface area contributed by atoms with Crippen LogP contribution >= 0.6 is 15.9 Å². The van der Waals surface area contributed by atoms with Crippen LogP contribution in [0.5, 0.6) is 11.5 Å². The predicted octanol–water partition coefficient (Wildman–Crippen LogP) is 2.06. The second-order valence-electron chi connectivity index (χ2n) is 3.63. The topological polar surface area (TPSA) is 44.5 Å². The summed E-state index contributed by atoms with van der Waals surface area (Å²) in [4.78, 5) is 0. The Morgan fingerprint density at radius 1 is 1.47 bits per heavy atom. The summed E-state index contributed by atoms with van der Waals surface area (Å²) in [6.07, 6.45) is 0.998. The maximum atomic E-state index is 5.68. The van der Waals surface area contributed by atoms with E-state index in [9.17, 15) is 0 Å². The van der Waals surface area contributed by atoms with Crippen molar-refractivity contribution in [2.24, 2.45) is 5.73 Å². The molecule has 0 fully saturated rings. The van der Waals surface area contributed by atoms with Gasteiger partial charge in [0.25, 0.3) is 0 Å². The van der Waals surface area contributed by atoms with E-state index in [1.165, 1.54) is 11.1 Å². The highest BCUT2D eigenvalue weighted by atomic mass is 79.9. The summed E-state index contributed by atoms with van der Waals surface area (Å²) in [6.45, 7) is 0.681. The van der Waals surface area contributed by atoms with E-state index in [2.05, 4.69) is 15.9 Å². The highest BCUT2D eigenvalue weighted by molar-refractivity contribution is 9.10. The number of methoxy groups -OCH3 is 2. The molecule has 0 amide bonds. The minimum absolute atomic E-state index is 0.455. The number of fused-ring (bicyclic) bond motifs is 1. The van der Waals surface area contributed by atoms with Crippen LogP contribution in [-0.2, 0) is 6.42 Å². The van der Waals surface area contributed by atoms with Crippen molar-refractivity contribution >= 4 is 15.9 Å². The van der Waals surface area contributed by atoms with Crippen molar-refractivity contribution < 1.29 is 9.47 Å². The van der Waals surface area contributed by atoms with Crippen molar-refractivity contribution in [2.75, 3.05) is 20.8 Å². The molecule has 2 N–H and O–H groups in total. The average Bonchev–Trinajstić information content (AvgIpc) is 2.22. The minimum atomic E-state index is 0.455. The van der Waals surface area contributed by atoms with Gasteiger partial charge in [-0.1, -0.05) is 0 Å². The first-order chi connectivity index (χ1) is 7.22. The van der Waals surface area contributed by atoms with Crippen LogP contribution < -0.4 is 15.2 Å². The van der Waals surface area contributed by atoms with Crippen LogP contribution in [0, 0.1) is 0 Å². The lowest BCUT2D eigenvalue weighted by atomic mass is 9.77. The van der Waals surface area contributed by atoms with E-state index in [0.29, 0.717) is 12.5 Å². The van der Waals surface area contributed by atoms with Crippen LogP contribution in [0.4, 0.5) is 0 Å². The third kappa shape index (κ3) is 1.52. The van der Waals surface area contributed by atoms with E-state index in [4.69, 9.17) is 15.2 Å². The fourth-order valence-electron chi connectivity index (χ4n) is 2.04. The first-order valence-corrected chi connectivity index (χ1v) is 5.65. The van der Waals surface area contributed by atoms with E-state index in [1.54, 1.807) is 14.2 Å². The molecule has 4 heteroatoms. The first-order valence-electron chi connectivity index (χ1n) is 4.86. The standard InChI is InChI=1S/C11H14BrNO2/c1-14-9-4-7-6(5-13)3-8(7)11(15-2)10(9)12/h4,6H,3,5,13H2,1-2H3/t6-/m0/s1. The molecule has 15 heavy (non-hydrogen) atoms. The maximum absolute atomic E-state index is 5.68. The van der Waals surface area contributed by atoms with Gasteiger partial charge in [0.1, 0.15) is 16.0 Å². The fraction of sp³-hybridized carbons (Fsp3) is 0.455. The average molecular weight is 272 g/mol. The molecule has 0 unspecified atom stereocenters. The van der Waals surface area contributed by atoms with Crippen molar-refractivity contribution in [1.82, 2.24) is 0 Å². The molecule has 1 aliphatic carbocycles. The van der Waals surface area contributed by atoms with Crippen molar-refractivity contribution in [3.05, 3.63) is 21.7 Å². The Kier molecular flexibility index (Phi) is 2.89. The molecular weight excluding hydrogens is 258 g/mol. The SMILES string of the molecule is COc1cc2c(c(OC)c1Br)C[C@H]2CN. The lowest BCUT2D eigenvalue weighted by Gasteiger charge is -2.32. The van der Waals surface area contributed by atoms with Gasteiger partial charge in [0.05, 0.1) is 14.2 Å². The first kappa shape index (κ1) is 10.8. The van der Waals surface area contributed by atoms with Crippen LogP contribution in [0.2, 0.25) is 0 Å². The van der Waals surface area contributed by atoms with Gasteiger partial charge in [-0.15, -0.1) is 0 Å². The highest BCUT2D eigenvalue weighted by Crippen LogP contribution is 2.48. The largest absolute Gasteiger partial charge is 0.495 e. The molecule has 0 aliphatic heterocycles. The van der Waals surface area contributed by atoms with E-state index in [1.807, 2.05) is 6.07 Å². The quantitative estimate of drug-likeness (QED) is 0.916. The Labute approximate surface area is 97.7 Å². The summed E-state index contributed by atoms with van der Waals surface area (Å²) in [5.74, 6) is 2.15. The Balaban J connectivity index is 2.52. The molecule has 1 atom stereocenters. The van der Waals surface area contributed by atoms with Gasteiger partial charge in [-0.2, -0.15) is 0 Å². The summed E-state index contributed by atoms with van der Waals surface area (Å²) < 4.78 is 11.5. The van der Waals surface area contributed by atoms with Gasteiger partial charge in [-0.25, -0.2) is 0 Å². The molecule has 3 nitrogen and oxygen atoms in total. The monoisotopic (exact) mass is 271 g/mol. The summed E-state index contributed by atoms with van der Waals surface area (Å²) in [6, 6.07) is 2.04. The summed E-state index contributed by atoms with van der Waals surface area (Å²) in [5, 5.41) is 0. The van der Waals surface area contributed by atoms with Crippen molar-refractivity contribution in [1.29, 1.82) is 0 Å². The molecule has 0 saturated carbocycles. The number of hydrogen-bond donors (Lipinski definition) is 1. The number of ether oxygens (including phenoxy) is 2. The smallest absolute Gasteiger partial charge is 0.140 e. The van der Waals surface area contributed by atoms with Crippen molar-refractivity contribution in [3.8, 4) is 11.5 Å². The molecule has 1 aliphatic rings. The normalized spacial score (nSPS) is 18.0. The van der Waals surface area contributed by atoms with E-state index in [0.717, 1.165) is 22.4 Å². The third-order valence-corrected chi connectivity index (χ3v) is 3.67. The summed E-state index contributed by atoms with van der Waals surface area (Å²) in [5.41, 5.74) is 8.19. The Hall–Kier alpha value is -0.740. The number of benzene rings is 1. The molecule has 0 saturated heterocycles. The van der Waals surface area contributed by atoms with E-state index >= 15 is 0 Å². The second-order valence-corrected chi connectivity index (χ2v) is 4.42. The van der Waals surface area contributed by atoms with E-state index in [-0.39, 0.29) is 0 Å². The van der Waals surface area contributed by atoms with Gasteiger partial charge >= 0.3 is 0 Å². The highest BCUT2D eigenvalue weighted by Gasteiger charge is 2.31. The molecule has 0 bridgehead atoms. The Morgan fingerprint density at radius 3 is 2.73 bits per heavy atom. The van der Waals surface area contributed by atoms with Crippen LogP contribution in [0.15, 0.2) is 10.5 Å². The third-order valence-electron chi connectivity index (χ3n) is 2.92. The number of rotatable bonds is 3. The zero-order chi connectivity index (χ0) is 11.0. The molecular formula is C11H14BrNO2. The zero-order valence-corrected chi connectivity index (χ0v) is 10.4. The number of halogens is 1. The predicted molar refractivity (Wildman–Crippen MR) is 62.7 cm³/mol. The van der Waals surface area contributed by atoms with E-state index < -0.39 is 0 Å². The van der Waals surface area contributed by atoms with Gasteiger partial charge in [0, 0.05) is 5.92 Å². The fourth-order valence-corrected chi connectivity index (χ4v) is 2.72. The number of nitrogens with two attached hydrogens (primary N) is 1. The van der Waals surface area contributed by atoms with Crippen LogP contribution in [-0.4, -0.2) is 20.8 Å².